The fourth-order valence-electron chi connectivity index (χ4n) is 0.690. The summed E-state index contributed by atoms with van der Waals surface area (Å²) in [7, 11) is 0. The van der Waals surface area contributed by atoms with E-state index in [4.69, 9.17) is 4.74 Å². The second-order valence-electron chi connectivity index (χ2n) is 3.05. The third-order valence-corrected chi connectivity index (χ3v) is 1.35. The van der Waals surface area contributed by atoms with Gasteiger partial charge in [0.2, 0.25) is 5.91 Å². The van der Waals surface area contributed by atoms with Gasteiger partial charge in [-0.2, -0.15) is 0 Å². The van der Waals surface area contributed by atoms with E-state index >= 15 is 0 Å². The first kappa shape index (κ1) is 11.4. The lowest BCUT2D eigenvalue weighted by Gasteiger charge is -2.25. The maximum atomic E-state index is 10.3. The van der Waals surface area contributed by atoms with Gasteiger partial charge in [-0.15, -0.1) is 0 Å². The number of amides is 1. The van der Waals surface area contributed by atoms with Crippen LogP contribution >= 0.6 is 0 Å². The highest BCUT2D eigenvalue weighted by Crippen LogP contribution is 2.07. The van der Waals surface area contributed by atoms with Gasteiger partial charge in [0.05, 0.1) is 13.2 Å². The fraction of sp³-hybridized carbons (Fsp3) is 0.889. The maximum absolute atomic E-state index is 10.3. The van der Waals surface area contributed by atoms with E-state index in [1.807, 2.05) is 0 Å². The molecule has 1 N–H and O–H groups in total. The van der Waals surface area contributed by atoms with Crippen LogP contribution in [0.25, 0.3) is 0 Å². The Morgan fingerprint density at radius 3 is 2.25 bits per heavy atom. The molecule has 1 fully saturated rings. The van der Waals surface area contributed by atoms with Gasteiger partial charge in [-0.25, -0.2) is 0 Å². The Kier molecular flexibility index (Phi) is 6.76. The molecule has 0 bridgehead atoms. The molecule has 12 heavy (non-hydrogen) atoms. The first-order chi connectivity index (χ1) is 5.70. The predicted molar refractivity (Wildman–Crippen MR) is 49.0 cm³/mol. The van der Waals surface area contributed by atoms with Crippen molar-refractivity contribution in [1.82, 2.24) is 5.32 Å². The largest absolute Gasteiger partial charge is 0.381 e. The number of carbonyl (C=O) groups excluding carboxylic acids is 1. The second kappa shape index (κ2) is 7.10. The van der Waals surface area contributed by atoms with Gasteiger partial charge in [0.15, 0.2) is 0 Å². The first-order valence-electron chi connectivity index (χ1n) is 4.52. The van der Waals surface area contributed by atoms with E-state index in [0.717, 1.165) is 19.8 Å². The van der Waals surface area contributed by atoms with Crippen LogP contribution in [0.1, 0.15) is 27.2 Å². The van der Waals surface area contributed by atoms with Gasteiger partial charge in [0, 0.05) is 19.4 Å². The highest BCUT2D eigenvalue weighted by atomic mass is 16.5. The summed E-state index contributed by atoms with van der Waals surface area (Å²) in [6.45, 7) is 8.16. The smallest absolute Gasteiger partial charge is 0.216 e. The normalized spacial score (nSPS) is 15.6. The topological polar surface area (TPSA) is 38.3 Å². The van der Waals surface area contributed by atoms with Gasteiger partial charge >= 0.3 is 0 Å². The van der Waals surface area contributed by atoms with Crippen molar-refractivity contribution in [3.8, 4) is 0 Å². The van der Waals surface area contributed by atoms with Crippen molar-refractivity contribution in [1.29, 1.82) is 0 Å². The van der Waals surface area contributed by atoms with Gasteiger partial charge in [0.1, 0.15) is 0 Å². The average molecular weight is 173 g/mol. The van der Waals surface area contributed by atoms with E-state index in [2.05, 4.69) is 19.2 Å². The molecular formula is C9H19NO2. The predicted octanol–water partition coefficient (Wildman–Crippen LogP) is 1.19. The Hall–Kier alpha value is -0.570. The van der Waals surface area contributed by atoms with Gasteiger partial charge in [-0.3, -0.25) is 4.79 Å². The zero-order chi connectivity index (χ0) is 9.40. The van der Waals surface area contributed by atoms with Crippen LogP contribution in [-0.4, -0.2) is 25.7 Å². The summed E-state index contributed by atoms with van der Waals surface area (Å²) in [6.07, 6.45) is 1.25. The van der Waals surface area contributed by atoms with Gasteiger partial charge < -0.3 is 10.1 Å². The molecule has 1 saturated heterocycles. The standard InChI is InChI=1S/C6H11NO2.C3H8/c1-5(8)7-2-6-3-9-4-6;1-3-2/h6H,2-4H2,1H3,(H,7,8);3H2,1-2H3. The first-order valence-corrected chi connectivity index (χ1v) is 4.52. The second-order valence-corrected chi connectivity index (χ2v) is 3.05. The van der Waals surface area contributed by atoms with Crippen LogP contribution in [0.15, 0.2) is 0 Å². The van der Waals surface area contributed by atoms with Crippen LogP contribution < -0.4 is 5.32 Å². The number of ether oxygens (including phenoxy) is 1. The molecule has 1 rings (SSSR count). The summed E-state index contributed by atoms with van der Waals surface area (Å²) in [4.78, 5) is 10.3. The molecule has 72 valence electrons. The van der Waals surface area contributed by atoms with Crippen molar-refractivity contribution in [2.75, 3.05) is 19.8 Å². The lowest BCUT2D eigenvalue weighted by molar-refractivity contribution is -0.120. The molecular weight excluding hydrogens is 154 g/mol. The Labute approximate surface area is 74.5 Å². The highest BCUT2D eigenvalue weighted by Gasteiger charge is 2.17. The van der Waals surface area contributed by atoms with E-state index in [-0.39, 0.29) is 5.91 Å². The third kappa shape index (κ3) is 6.16. The van der Waals surface area contributed by atoms with E-state index in [1.54, 1.807) is 0 Å². The minimum Gasteiger partial charge on any atom is -0.381 e. The van der Waals surface area contributed by atoms with Crippen molar-refractivity contribution in [2.24, 2.45) is 5.92 Å². The van der Waals surface area contributed by atoms with E-state index in [9.17, 15) is 4.79 Å². The van der Waals surface area contributed by atoms with Gasteiger partial charge in [-0.05, 0) is 0 Å². The van der Waals surface area contributed by atoms with Gasteiger partial charge in [0.25, 0.3) is 0 Å². The molecule has 0 radical (unpaired) electrons. The monoisotopic (exact) mass is 173 g/mol. The minimum absolute atomic E-state index is 0.0434. The molecule has 0 aromatic heterocycles. The Morgan fingerprint density at radius 2 is 2.00 bits per heavy atom. The molecule has 1 heterocycles. The fourth-order valence-corrected chi connectivity index (χ4v) is 0.690. The summed E-state index contributed by atoms with van der Waals surface area (Å²) in [6, 6.07) is 0. The number of nitrogens with one attached hydrogen (secondary N) is 1. The zero-order valence-electron chi connectivity index (χ0n) is 8.22. The average Bonchev–Trinajstić information content (AvgIpc) is 1.84. The highest BCUT2D eigenvalue weighted by molar-refractivity contribution is 5.72. The van der Waals surface area contributed by atoms with Crippen molar-refractivity contribution in [3.63, 3.8) is 0 Å². The molecule has 1 amide bonds. The molecule has 0 aromatic carbocycles. The SMILES string of the molecule is CC(=O)NCC1COC1.CCC. The lowest BCUT2D eigenvalue weighted by Crippen LogP contribution is -2.38. The maximum Gasteiger partial charge on any atom is 0.216 e. The summed E-state index contributed by atoms with van der Waals surface area (Å²) in [5, 5.41) is 2.73. The van der Waals surface area contributed by atoms with Crippen LogP contribution in [0.5, 0.6) is 0 Å². The molecule has 0 atom stereocenters. The Morgan fingerprint density at radius 1 is 1.50 bits per heavy atom. The quantitative estimate of drug-likeness (QED) is 0.681. The summed E-state index contributed by atoms with van der Waals surface area (Å²) >= 11 is 0. The molecule has 0 spiro atoms. The van der Waals surface area contributed by atoms with Crippen LogP contribution in [0.2, 0.25) is 0 Å². The lowest BCUT2D eigenvalue weighted by atomic mass is 10.1. The van der Waals surface area contributed by atoms with Crippen molar-refractivity contribution < 1.29 is 9.53 Å². The minimum atomic E-state index is 0.0434. The molecule has 3 heteroatoms. The summed E-state index contributed by atoms with van der Waals surface area (Å²) in [5.74, 6) is 0.607. The van der Waals surface area contributed by atoms with Crippen LogP contribution in [-0.2, 0) is 9.53 Å². The molecule has 0 aromatic rings. The zero-order valence-corrected chi connectivity index (χ0v) is 8.22. The van der Waals surface area contributed by atoms with Crippen LogP contribution in [0.3, 0.4) is 0 Å². The Balaban J connectivity index is 0.000000354. The molecule has 0 aliphatic carbocycles. The molecule has 0 saturated carbocycles. The van der Waals surface area contributed by atoms with E-state index in [0.29, 0.717) is 5.92 Å². The molecule has 0 unspecified atom stereocenters. The third-order valence-electron chi connectivity index (χ3n) is 1.35. The molecule has 1 aliphatic heterocycles. The van der Waals surface area contributed by atoms with Crippen LogP contribution in [0, 0.1) is 5.92 Å². The number of hydrogen-bond acceptors (Lipinski definition) is 2. The number of rotatable bonds is 2. The van der Waals surface area contributed by atoms with Crippen molar-refractivity contribution in [2.45, 2.75) is 27.2 Å². The molecule has 1 aliphatic rings. The Bertz CT molecular complexity index is 122. The number of carbonyl (C=O) groups is 1. The molecule has 3 nitrogen and oxygen atoms in total. The van der Waals surface area contributed by atoms with Crippen molar-refractivity contribution >= 4 is 5.91 Å². The van der Waals surface area contributed by atoms with Gasteiger partial charge in [-0.1, -0.05) is 20.3 Å². The van der Waals surface area contributed by atoms with E-state index in [1.165, 1.54) is 13.3 Å². The van der Waals surface area contributed by atoms with E-state index < -0.39 is 0 Å². The summed E-state index contributed by atoms with van der Waals surface area (Å²) in [5.41, 5.74) is 0. The number of hydrogen-bond donors (Lipinski definition) is 1. The van der Waals surface area contributed by atoms with Crippen molar-refractivity contribution in [3.05, 3.63) is 0 Å². The van der Waals surface area contributed by atoms with Crippen LogP contribution in [0.4, 0.5) is 0 Å². The summed E-state index contributed by atoms with van der Waals surface area (Å²) < 4.78 is 4.92.